The van der Waals surface area contributed by atoms with Gasteiger partial charge in [-0.25, -0.2) is 0 Å². The van der Waals surface area contributed by atoms with Crippen molar-refractivity contribution in [1.82, 2.24) is 24.5 Å². The smallest absolute Gasteiger partial charge is 0.254 e. The number of aryl methyl sites for hydroxylation is 1. The Bertz CT molecular complexity index is 1050. The molecule has 6 heteroatoms. The molecule has 1 atom stereocenters. The van der Waals surface area contributed by atoms with Crippen molar-refractivity contribution in [3.63, 3.8) is 0 Å². The molecule has 0 unspecified atom stereocenters. The highest BCUT2D eigenvalue weighted by molar-refractivity contribution is 6.07. The topological polar surface area (TPSA) is 64.2 Å². The van der Waals surface area contributed by atoms with E-state index in [4.69, 9.17) is 0 Å². The molecule has 1 N–H and O–H groups in total. The first-order valence-electron chi connectivity index (χ1n) is 7.80. The molecule has 3 aromatic heterocycles. The quantitative estimate of drug-likeness (QED) is 0.631. The van der Waals surface area contributed by atoms with Crippen molar-refractivity contribution >= 4 is 22.5 Å². The van der Waals surface area contributed by atoms with E-state index in [0.717, 1.165) is 16.6 Å². The van der Waals surface area contributed by atoms with E-state index in [2.05, 4.69) is 15.5 Å². The first-order valence-corrected chi connectivity index (χ1v) is 7.80. The van der Waals surface area contributed by atoms with Gasteiger partial charge in [-0.15, -0.1) is 10.2 Å². The number of rotatable bonds is 3. The normalized spacial score (nSPS) is 12.6. The molecule has 0 aliphatic carbocycles. The molecule has 1 amide bonds. The van der Waals surface area contributed by atoms with Crippen molar-refractivity contribution in [2.24, 2.45) is 7.05 Å². The number of para-hydroxylation sites is 1. The van der Waals surface area contributed by atoms with E-state index in [1.54, 1.807) is 0 Å². The molecule has 0 aliphatic rings. The maximum absolute atomic E-state index is 12.7. The van der Waals surface area contributed by atoms with Gasteiger partial charge in [0.05, 0.1) is 11.6 Å². The van der Waals surface area contributed by atoms with Crippen LogP contribution in [0, 0.1) is 0 Å². The number of aromatic nitrogens is 4. The van der Waals surface area contributed by atoms with Crippen molar-refractivity contribution in [3.8, 4) is 0 Å². The minimum atomic E-state index is -0.256. The number of fused-ring (bicyclic) bond motifs is 2. The number of carbonyl (C=O) groups is 1. The lowest BCUT2D eigenvalue weighted by atomic mass is 10.1. The van der Waals surface area contributed by atoms with E-state index in [9.17, 15) is 4.79 Å². The van der Waals surface area contributed by atoms with Gasteiger partial charge >= 0.3 is 0 Å². The zero-order valence-electron chi connectivity index (χ0n) is 13.5. The van der Waals surface area contributed by atoms with E-state index in [0.29, 0.717) is 11.4 Å². The molecule has 3 heterocycles. The van der Waals surface area contributed by atoms with Crippen LogP contribution in [0.25, 0.3) is 16.6 Å². The van der Waals surface area contributed by atoms with E-state index in [1.165, 1.54) is 0 Å². The second-order valence-corrected chi connectivity index (χ2v) is 5.85. The second-order valence-electron chi connectivity index (χ2n) is 5.85. The Morgan fingerprint density at radius 1 is 1.12 bits per heavy atom. The minimum absolute atomic E-state index is 0.119. The van der Waals surface area contributed by atoms with Crippen LogP contribution in [0.5, 0.6) is 0 Å². The third-order valence-electron chi connectivity index (χ3n) is 4.22. The molecule has 0 saturated heterocycles. The lowest BCUT2D eigenvalue weighted by Gasteiger charge is -2.12. The molecule has 0 spiro atoms. The van der Waals surface area contributed by atoms with Crippen LogP contribution in [-0.2, 0) is 7.05 Å². The predicted octanol–water partition coefficient (Wildman–Crippen LogP) is 2.71. The average molecular weight is 319 g/mol. The van der Waals surface area contributed by atoms with Crippen molar-refractivity contribution < 1.29 is 4.79 Å². The van der Waals surface area contributed by atoms with Gasteiger partial charge in [0.2, 0.25) is 0 Å². The van der Waals surface area contributed by atoms with Crippen LogP contribution in [-0.4, -0.2) is 25.1 Å². The number of carbonyl (C=O) groups excluding carboxylic acids is 1. The largest absolute Gasteiger partial charge is 0.350 e. The molecule has 0 bridgehead atoms. The summed E-state index contributed by atoms with van der Waals surface area (Å²) in [4.78, 5) is 12.7. The number of amides is 1. The lowest BCUT2D eigenvalue weighted by molar-refractivity contribution is 0.0939. The molecule has 4 rings (SSSR count). The lowest BCUT2D eigenvalue weighted by Crippen LogP contribution is -2.27. The highest BCUT2D eigenvalue weighted by atomic mass is 16.1. The van der Waals surface area contributed by atoms with Crippen LogP contribution < -0.4 is 5.32 Å². The number of nitrogens with one attached hydrogen (secondary N) is 1. The Morgan fingerprint density at radius 3 is 2.79 bits per heavy atom. The Labute approximate surface area is 138 Å². The fourth-order valence-corrected chi connectivity index (χ4v) is 3.02. The highest BCUT2D eigenvalue weighted by Gasteiger charge is 2.19. The molecule has 24 heavy (non-hydrogen) atoms. The Kier molecular flexibility index (Phi) is 3.30. The van der Waals surface area contributed by atoms with Gasteiger partial charge in [-0.3, -0.25) is 9.20 Å². The fraction of sp³-hybridized carbons (Fsp3) is 0.167. The molecular formula is C18H17N5O. The molecule has 0 saturated carbocycles. The van der Waals surface area contributed by atoms with Crippen molar-refractivity contribution in [3.05, 3.63) is 66.2 Å². The van der Waals surface area contributed by atoms with Crippen LogP contribution in [0.3, 0.4) is 0 Å². The molecular weight excluding hydrogens is 302 g/mol. The van der Waals surface area contributed by atoms with Crippen LogP contribution in [0.15, 0.2) is 54.9 Å². The summed E-state index contributed by atoms with van der Waals surface area (Å²) in [5, 5.41) is 12.3. The zero-order chi connectivity index (χ0) is 16.7. The molecule has 120 valence electrons. The van der Waals surface area contributed by atoms with Crippen molar-refractivity contribution in [2.45, 2.75) is 13.0 Å². The van der Waals surface area contributed by atoms with Gasteiger partial charge in [-0.05, 0) is 25.1 Å². The molecule has 0 radical (unpaired) electrons. The summed E-state index contributed by atoms with van der Waals surface area (Å²) in [7, 11) is 1.94. The summed E-state index contributed by atoms with van der Waals surface area (Å²) < 4.78 is 3.84. The zero-order valence-corrected chi connectivity index (χ0v) is 13.5. The summed E-state index contributed by atoms with van der Waals surface area (Å²) in [6.45, 7) is 1.91. The van der Waals surface area contributed by atoms with Gasteiger partial charge in [-0.1, -0.05) is 24.3 Å². The summed E-state index contributed by atoms with van der Waals surface area (Å²) in [5.41, 5.74) is 2.45. The summed E-state index contributed by atoms with van der Waals surface area (Å²) in [6.07, 6.45) is 3.75. The Hall–Kier alpha value is -3.15. The van der Waals surface area contributed by atoms with Gasteiger partial charge in [0, 0.05) is 30.3 Å². The number of hydrogen-bond donors (Lipinski definition) is 1. The van der Waals surface area contributed by atoms with Crippen molar-refractivity contribution in [2.75, 3.05) is 0 Å². The highest BCUT2D eigenvalue weighted by Crippen LogP contribution is 2.21. The summed E-state index contributed by atoms with van der Waals surface area (Å²) in [6, 6.07) is 13.3. The maximum atomic E-state index is 12.7. The third-order valence-corrected chi connectivity index (χ3v) is 4.22. The molecule has 0 fully saturated rings. The number of hydrogen-bond acceptors (Lipinski definition) is 3. The molecule has 6 nitrogen and oxygen atoms in total. The first kappa shape index (κ1) is 14.4. The molecule has 1 aromatic carbocycles. The van der Waals surface area contributed by atoms with Gasteiger partial charge in [-0.2, -0.15) is 0 Å². The second kappa shape index (κ2) is 5.49. The van der Waals surface area contributed by atoms with E-state index in [1.807, 2.05) is 77.8 Å². The number of nitrogens with zero attached hydrogens (tertiary/aromatic N) is 4. The summed E-state index contributed by atoms with van der Waals surface area (Å²) in [5.74, 6) is 0.589. The molecule has 0 aliphatic heterocycles. The SMILES string of the molecule is C[C@H](NC(=O)c1cn(C)c2ccccc12)c1nnc2ccccn12. The predicted molar refractivity (Wildman–Crippen MR) is 91.8 cm³/mol. The maximum Gasteiger partial charge on any atom is 0.254 e. The van der Waals surface area contributed by atoms with Gasteiger partial charge in [0.1, 0.15) is 0 Å². The first-order chi connectivity index (χ1) is 11.6. The Morgan fingerprint density at radius 2 is 1.92 bits per heavy atom. The van der Waals surface area contributed by atoms with Gasteiger partial charge < -0.3 is 9.88 Å². The fourth-order valence-electron chi connectivity index (χ4n) is 3.02. The average Bonchev–Trinajstić information content (AvgIpc) is 3.17. The molecule has 4 aromatic rings. The number of pyridine rings is 1. The van der Waals surface area contributed by atoms with Crippen LogP contribution in [0.1, 0.15) is 29.1 Å². The van der Waals surface area contributed by atoms with Crippen molar-refractivity contribution in [1.29, 1.82) is 0 Å². The Balaban J connectivity index is 1.66. The van der Waals surface area contributed by atoms with Gasteiger partial charge in [0.15, 0.2) is 11.5 Å². The van der Waals surface area contributed by atoms with E-state index in [-0.39, 0.29) is 11.9 Å². The van der Waals surface area contributed by atoms with Gasteiger partial charge in [0.25, 0.3) is 5.91 Å². The number of benzene rings is 1. The minimum Gasteiger partial charge on any atom is -0.350 e. The third kappa shape index (κ3) is 2.23. The van der Waals surface area contributed by atoms with Crippen LogP contribution in [0.2, 0.25) is 0 Å². The standard InChI is InChI=1S/C18H17N5O/c1-12(17-21-20-16-9-5-6-10-23(16)17)19-18(24)14-11-22(2)15-8-4-3-7-13(14)15/h3-12H,1-2H3,(H,19,24)/t12-/m0/s1. The van der Waals surface area contributed by atoms with Crippen LogP contribution in [0.4, 0.5) is 0 Å². The van der Waals surface area contributed by atoms with E-state index >= 15 is 0 Å². The van der Waals surface area contributed by atoms with E-state index < -0.39 is 0 Å². The summed E-state index contributed by atoms with van der Waals surface area (Å²) >= 11 is 0. The monoisotopic (exact) mass is 319 g/mol. The van der Waals surface area contributed by atoms with Crippen LogP contribution >= 0.6 is 0 Å².